The van der Waals surface area contributed by atoms with Crippen molar-refractivity contribution in [1.29, 1.82) is 0 Å². The first-order valence-corrected chi connectivity index (χ1v) is 6.31. The second-order valence-corrected chi connectivity index (χ2v) is 4.57. The van der Waals surface area contributed by atoms with Gasteiger partial charge < -0.3 is 19.6 Å². The maximum atomic E-state index is 12.1. The molecule has 0 aliphatic carbocycles. The van der Waals surface area contributed by atoms with Crippen LogP contribution in [0.3, 0.4) is 0 Å². The van der Waals surface area contributed by atoms with Gasteiger partial charge in [0, 0.05) is 32.8 Å². The number of ether oxygens (including phenoxy) is 1. The maximum Gasteiger partial charge on any atom is 0.320 e. The van der Waals surface area contributed by atoms with E-state index in [0.717, 1.165) is 0 Å². The van der Waals surface area contributed by atoms with Crippen molar-refractivity contribution >= 4 is 12.0 Å². The number of carbonyl (C=O) groups is 2. The van der Waals surface area contributed by atoms with Crippen LogP contribution in [0.2, 0.25) is 0 Å². The topological polar surface area (TPSA) is 70.1 Å². The molecule has 1 N–H and O–H groups in total. The number of likely N-dealkylation sites (tertiary alicyclic amines) is 1. The third-order valence-electron chi connectivity index (χ3n) is 3.42. The first kappa shape index (κ1) is 14.8. The molecule has 0 saturated carbocycles. The quantitative estimate of drug-likeness (QED) is 0.743. The number of carboxylic acids is 1. The average Bonchev–Trinajstić information content (AvgIpc) is 2.70. The Hall–Kier alpha value is -1.30. The molecule has 0 spiro atoms. The number of amides is 2. The van der Waals surface area contributed by atoms with Crippen LogP contribution in [0.1, 0.15) is 20.3 Å². The van der Waals surface area contributed by atoms with Crippen LogP contribution in [0.5, 0.6) is 0 Å². The van der Waals surface area contributed by atoms with E-state index in [1.54, 1.807) is 23.8 Å². The summed E-state index contributed by atoms with van der Waals surface area (Å²) < 4.78 is 5.20. The van der Waals surface area contributed by atoms with Crippen molar-refractivity contribution in [3.8, 4) is 0 Å². The first-order chi connectivity index (χ1) is 8.49. The zero-order valence-corrected chi connectivity index (χ0v) is 11.3. The highest BCUT2D eigenvalue weighted by Crippen LogP contribution is 2.25. The van der Waals surface area contributed by atoms with Gasteiger partial charge in [0.2, 0.25) is 0 Å². The summed E-state index contributed by atoms with van der Waals surface area (Å²) in [4.78, 5) is 26.3. The van der Waals surface area contributed by atoms with Crippen LogP contribution in [0.4, 0.5) is 4.79 Å². The van der Waals surface area contributed by atoms with Gasteiger partial charge in [0.25, 0.3) is 0 Å². The van der Waals surface area contributed by atoms with Gasteiger partial charge in [-0.25, -0.2) is 4.79 Å². The molecule has 1 aliphatic rings. The molecule has 0 aromatic carbocycles. The molecule has 0 aromatic rings. The number of likely N-dealkylation sites (N-methyl/N-ethyl adjacent to an activating group) is 1. The molecule has 2 amide bonds. The smallest absolute Gasteiger partial charge is 0.320 e. The standard InChI is InChI=1S/C12H22N2O4/c1-4-18-8-7-13(3)12(17)14-6-5-10(9(14)2)11(15)16/h9-10H,4-8H2,1-3H3,(H,15,16). The second kappa shape index (κ2) is 6.58. The molecule has 104 valence electrons. The van der Waals surface area contributed by atoms with Gasteiger partial charge in [0.15, 0.2) is 0 Å². The number of nitrogens with zero attached hydrogens (tertiary/aromatic N) is 2. The first-order valence-electron chi connectivity index (χ1n) is 6.31. The zero-order valence-electron chi connectivity index (χ0n) is 11.3. The van der Waals surface area contributed by atoms with Crippen LogP contribution in [0.25, 0.3) is 0 Å². The Labute approximate surface area is 107 Å². The number of aliphatic carboxylic acids is 1. The highest BCUT2D eigenvalue weighted by molar-refractivity contribution is 5.78. The Bertz CT molecular complexity index is 308. The van der Waals surface area contributed by atoms with E-state index in [1.165, 1.54) is 0 Å². The van der Waals surface area contributed by atoms with Crippen molar-refractivity contribution in [2.24, 2.45) is 5.92 Å². The van der Waals surface area contributed by atoms with Crippen LogP contribution in [-0.2, 0) is 9.53 Å². The van der Waals surface area contributed by atoms with Gasteiger partial charge in [-0.1, -0.05) is 0 Å². The fourth-order valence-electron chi connectivity index (χ4n) is 2.20. The van der Waals surface area contributed by atoms with Crippen molar-refractivity contribution in [2.45, 2.75) is 26.3 Å². The predicted octanol–water partition coefficient (Wildman–Crippen LogP) is 0.870. The minimum atomic E-state index is -0.824. The summed E-state index contributed by atoms with van der Waals surface area (Å²) in [6.45, 7) is 5.86. The third-order valence-corrected chi connectivity index (χ3v) is 3.42. The van der Waals surface area contributed by atoms with Crippen molar-refractivity contribution in [1.82, 2.24) is 9.80 Å². The molecule has 1 saturated heterocycles. The lowest BCUT2D eigenvalue weighted by atomic mass is 10.0. The maximum absolute atomic E-state index is 12.1. The fraction of sp³-hybridized carbons (Fsp3) is 0.833. The van der Waals surface area contributed by atoms with Crippen molar-refractivity contribution < 1.29 is 19.4 Å². The molecule has 0 aromatic heterocycles. The largest absolute Gasteiger partial charge is 0.481 e. The van der Waals surface area contributed by atoms with Crippen molar-refractivity contribution in [3.63, 3.8) is 0 Å². The molecular weight excluding hydrogens is 236 g/mol. The van der Waals surface area contributed by atoms with E-state index >= 15 is 0 Å². The fourth-order valence-corrected chi connectivity index (χ4v) is 2.20. The molecule has 2 atom stereocenters. The number of urea groups is 1. The van der Waals surface area contributed by atoms with Crippen LogP contribution >= 0.6 is 0 Å². The van der Waals surface area contributed by atoms with E-state index in [4.69, 9.17) is 9.84 Å². The molecule has 6 heteroatoms. The van der Waals surface area contributed by atoms with Gasteiger partial charge in [0.05, 0.1) is 12.5 Å². The van der Waals surface area contributed by atoms with E-state index in [2.05, 4.69) is 0 Å². The minimum absolute atomic E-state index is 0.119. The van der Waals surface area contributed by atoms with Gasteiger partial charge >= 0.3 is 12.0 Å². The number of rotatable bonds is 5. The van der Waals surface area contributed by atoms with Gasteiger partial charge in [-0.05, 0) is 20.3 Å². The number of hydrogen-bond acceptors (Lipinski definition) is 3. The summed E-state index contributed by atoms with van der Waals surface area (Å²) in [6.07, 6.45) is 0.529. The number of carbonyl (C=O) groups excluding carboxylic acids is 1. The lowest BCUT2D eigenvalue weighted by Crippen LogP contribution is -2.45. The summed E-state index contributed by atoms with van der Waals surface area (Å²) in [5, 5.41) is 9.02. The van der Waals surface area contributed by atoms with Crippen LogP contribution in [-0.4, -0.2) is 66.3 Å². The van der Waals surface area contributed by atoms with Crippen LogP contribution in [0.15, 0.2) is 0 Å². The molecule has 0 radical (unpaired) electrons. The predicted molar refractivity (Wildman–Crippen MR) is 66.4 cm³/mol. The molecule has 1 aliphatic heterocycles. The molecular formula is C12H22N2O4. The van der Waals surface area contributed by atoms with E-state index < -0.39 is 11.9 Å². The van der Waals surface area contributed by atoms with Gasteiger partial charge in [0.1, 0.15) is 0 Å². The van der Waals surface area contributed by atoms with Crippen LogP contribution < -0.4 is 0 Å². The van der Waals surface area contributed by atoms with E-state index in [-0.39, 0.29) is 12.1 Å². The third kappa shape index (κ3) is 3.35. The van der Waals surface area contributed by atoms with Crippen molar-refractivity contribution in [2.75, 3.05) is 33.4 Å². The molecule has 0 bridgehead atoms. The van der Waals surface area contributed by atoms with E-state index in [1.807, 2.05) is 6.92 Å². The van der Waals surface area contributed by atoms with Gasteiger partial charge in [-0.2, -0.15) is 0 Å². The van der Waals surface area contributed by atoms with Crippen molar-refractivity contribution in [3.05, 3.63) is 0 Å². The molecule has 1 heterocycles. The summed E-state index contributed by atoms with van der Waals surface area (Å²) in [5.41, 5.74) is 0. The molecule has 18 heavy (non-hydrogen) atoms. The summed E-state index contributed by atoms with van der Waals surface area (Å²) in [5.74, 6) is -1.27. The van der Waals surface area contributed by atoms with Gasteiger partial charge in [-0.15, -0.1) is 0 Å². The second-order valence-electron chi connectivity index (χ2n) is 4.57. The Morgan fingerprint density at radius 2 is 2.17 bits per heavy atom. The normalized spacial score (nSPS) is 23.2. The summed E-state index contributed by atoms with van der Waals surface area (Å²) in [7, 11) is 1.71. The molecule has 2 unspecified atom stereocenters. The number of carboxylic acid groups (broad SMARTS) is 1. The summed E-state index contributed by atoms with van der Waals surface area (Å²) in [6, 6.07) is -0.365. The highest BCUT2D eigenvalue weighted by Gasteiger charge is 2.38. The molecule has 1 fully saturated rings. The van der Waals surface area contributed by atoms with Gasteiger partial charge in [-0.3, -0.25) is 4.79 Å². The lowest BCUT2D eigenvalue weighted by Gasteiger charge is -2.28. The average molecular weight is 258 g/mol. The lowest BCUT2D eigenvalue weighted by molar-refractivity contribution is -0.142. The number of hydrogen-bond donors (Lipinski definition) is 1. The van der Waals surface area contributed by atoms with E-state index in [9.17, 15) is 9.59 Å². The Morgan fingerprint density at radius 3 is 2.67 bits per heavy atom. The van der Waals surface area contributed by atoms with E-state index in [0.29, 0.717) is 32.7 Å². The highest BCUT2D eigenvalue weighted by atomic mass is 16.5. The molecule has 6 nitrogen and oxygen atoms in total. The summed E-state index contributed by atoms with van der Waals surface area (Å²) >= 11 is 0. The van der Waals surface area contributed by atoms with Crippen LogP contribution in [0, 0.1) is 5.92 Å². The Morgan fingerprint density at radius 1 is 1.50 bits per heavy atom. The Balaban J connectivity index is 2.49. The SMILES string of the molecule is CCOCCN(C)C(=O)N1CCC(C(=O)O)C1C. The Kier molecular flexibility index (Phi) is 5.40. The molecule has 1 rings (SSSR count). The monoisotopic (exact) mass is 258 g/mol. The zero-order chi connectivity index (χ0) is 13.7. The minimum Gasteiger partial charge on any atom is -0.481 e.